The molecule has 246 valence electrons. The van der Waals surface area contributed by atoms with Crippen LogP contribution in [0.15, 0.2) is 96.2 Å². The smallest absolute Gasteiger partial charge is 0.275 e. The largest absolute Gasteiger partial charge is 0.380 e. The maximum Gasteiger partial charge on any atom is 0.275 e. The highest BCUT2D eigenvalue weighted by Crippen LogP contribution is 2.42. The quantitative estimate of drug-likeness (QED) is 0.0950. The second-order valence-electron chi connectivity index (χ2n) is 12.9. The lowest BCUT2D eigenvalue weighted by molar-refractivity contribution is -0.115. The molecule has 1 unspecified atom stereocenters. The van der Waals surface area contributed by atoms with Crippen molar-refractivity contribution < 1.29 is 9.59 Å². The minimum absolute atomic E-state index is 0.113. The van der Waals surface area contributed by atoms with E-state index in [0.717, 1.165) is 29.8 Å². The zero-order chi connectivity index (χ0) is 32.6. The van der Waals surface area contributed by atoms with Crippen molar-refractivity contribution in [3.63, 3.8) is 0 Å². The van der Waals surface area contributed by atoms with E-state index < -0.39 is 6.04 Å². The van der Waals surface area contributed by atoms with Gasteiger partial charge in [0.2, 0.25) is 0 Å². The summed E-state index contributed by atoms with van der Waals surface area (Å²) < 4.78 is 0. The van der Waals surface area contributed by atoms with Gasteiger partial charge in [-0.2, -0.15) is 0 Å². The third kappa shape index (κ3) is 9.82. The maximum atomic E-state index is 14.2. The third-order valence-electron chi connectivity index (χ3n) is 9.11. The second kappa shape index (κ2) is 19.0. The molecule has 1 aliphatic heterocycles. The fraction of sp³-hybridized carbons (Fsp3) is 0.463. The summed E-state index contributed by atoms with van der Waals surface area (Å²) in [6, 6.07) is 26.7. The zero-order valence-electron chi connectivity index (χ0n) is 28.5. The Morgan fingerprint density at radius 1 is 0.674 bits per heavy atom. The highest BCUT2D eigenvalue weighted by atomic mass is 16.2. The Labute approximate surface area is 278 Å². The van der Waals surface area contributed by atoms with Gasteiger partial charge in [0.1, 0.15) is 5.70 Å². The van der Waals surface area contributed by atoms with Crippen LogP contribution >= 0.6 is 0 Å². The predicted molar refractivity (Wildman–Crippen MR) is 194 cm³/mol. The monoisotopic (exact) mass is 621 g/mol. The van der Waals surface area contributed by atoms with Crippen LogP contribution in [0, 0.1) is 0 Å². The van der Waals surface area contributed by atoms with E-state index in [0.29, 0.717) is 23.4 Å². The van der Waals surface area contributed by atoms with E-state index in [1.807, 2.05) is 104 Å². The summed E-state index contributed by atoms with van der Waals surface area (Å²) in [4.78, 5) is 32.3. The van der Waals surface area contributed by atoms with Gasteiger partial charge in [-0.15, -0.1) is 0 Å². The lowest BCUT2D eigenvalue weighted by Gasteiger charge is -2.27. The number of carbonyl (C=O) groups is 2. The van der Waals surface area contributed by atoms with E-state index in [1.165, 1.54) is 77.0 Å². The van der Waals surface area contributed by atoms with Crippen LogP contribution in [0.25, 0.3) is 0 Å². The topological polar surface area (TPSA) is 52.7 Å². The van der Waals surface area contributed by atoms with E-state index in [4.69, 9.17) is 0 Å². The second-order valence-corrected chi connectivity index (χ2v) is 12.9. The Kier molecular flexibility index (Phi) is 14.4. The number of amides is 1. The molecule has 1 N–H and O–H groups in total. The first-order valence-corrected chi connectivity index (χ1v) is 17.8. The van der Waals surface area contributed by atoms with Gasteiger partial charge in [-0.25, -0.2) is 0 Å². The number of benzene rings is 3. The molecular weight excluding hydrogens is 566 g/mol. The lowest BCUT2D eigenvalue weighted by atomic mass is 9.92. The number of rotatable bonds is 21. The molecule has 0 saturated heterocycles. The van der Waals surface area contributed by atoms with E-state index in [-0.39, 0.29) is 11.7 Å². The van der Waals surface area contributed by atoms with Gasteiger partial charge in [-0.05, 0) is 36.2 Å². The van der Waals surface area contributed by atoms with Crippen molar-refractivity contribution in [3.05, 3.63) is 107 Å². The summed E-state index contributed by atoms with van der Waals surface area (Å²) >= 11 is 0. The molecule has 0 spiro atoms. The first-order valence-electron chi connectivity index (χ1n) is 17.8. The average molecular weight is 622 g/mol. The highest BCUT2D eigenvalue weighted by Gasteiger charge is 2.44. The number of anilines is 2. The zero-order valence-corrected chi connectivity index (χ0v) is 28.5. The minimum atomic E-state index is -0.530. The van der Waals surface area contributed by atoms with Crippen LogP contribution in [0.3, 0.4) is 0 Å². The van der Waals surface area contributed by atoms with E-state index in [2.05, 4.69) is 12.2 Å². The summed E-state index contributed by atoms with van der Waals surface area (Å²) in [5, 5.41) is 3.46. The Hall–Kier alpha value is -3.86. The number of Topliss-reactive ketones (excluding diaryl/α,β-unsaturated/α-hetero) is 1. The van der Waals surface area contributed by atoms with Crippen molar-refractivity contribution in [3.8, 4) is 0 Å². The van der Waals surface area contributed by atoms with Crippen molar-refractivity contribution in [2.24, 2.45) is 0 Å². The normalized spacial score (nSPS) is 14.6. The summed E-state index contributed by atoms with van der Waals surface area (Å²) in [6.07, 6.45) is 18.2. The van der Waals surface area contributed by atoms with Crippen molar-refractivity contribution in [2.75, 3.05) is 30.4 Å². The molecule has 1 aliphatic rings. The molecule has 0 aliphatic carbocycles. The van der Waals surface area contributed by atoms with Crippen molar-refractivity contribution in [2.45, 2.75) is 103 Å². The maximum absolute atomic E-state index is 14.2. The standard InChI is InChI=1S/C41H55N3O2/c1-4-5-6-7-8-9-10-11-12-13-14-15-16-23-32-42-38-37(40(45)34-24-19-17-20-25-34)39(33-28-30-35(31-29-33)43(2)3)44(41(38)46)36-26-21-18-22-27-36/h17-22,24-31,39,42H,4-16,23,32H2,1-3H3. The van der Waals surface area contributed by atoms with Crippen LogP contribution in [0.2, 0.25) is 0 Å². The molecule has 3 aromatic carbocycles. The molecule has 5 heteroatoms. The number of ketones is 1. The van der Waals surface area contributed by atoms with Crippen LogP contribution in [0.4, 0.5) is 11.4 Å². The third-order valence-corrected chi connectivity index (χ3v) is 9.11. The molecule has 1 atom stereocenters. The lowest BCUT2D eigenvalue weighted by Crippen LogP contribution is -2.33. The van der Waals surface area contributed by atoms with Gasteiger partial charge in [0.25, 0.3) is 5.91 Å². The van der Waals surface area contributed by atoms with Gasteiger partial charge < -0.3 is 10.2 Å². The number of para-hydroxylation sites is 1. The molecule has 0 fully saturated rings. The van der Waals surface area contributed by atoms with E-state index >= 15 is 0 Å². The van der Waals surface area contributed by atoms with Gasteiger partial charge in [0.15, 0.2) is 5.78 Å². The molecule has 4 rings (SSSR count). The Bertz CT molecular complexity index is 1370. The van der Waals surface area contributed by atoms with E-state index in [1.54, 1.807) is 4.90 Å². The summed E-state index contributed by atoms with van der Waals surface area (Å²) in [5.74, 6) is -0.268. The molecule has 1 heterocycles. The summed E-state index contributed by atoms with van der Waals surface area (Å²) in [5.41, 5.74) is 4.29. The fourth-order valence-electron chi connectivity index (χ4n) is 6.43. The van der Waals surface area contributed by atoms with Gasteiger partial charge in [-0.3, -0.25) is 14.5 Å². The van der Waals surface area contributed by atoms with Crippen molar-refractivity contribution >= 4 is 23.1 Å². The first-order chi connectivity index (χ1) is 22.5. The minimum Gasteiger partial charge on any atom is -0.380 e. The molecular formula is C41H55N3O2. The fourth-order valence-corrected chi connectivity index (χ4v) is 6.43. The molecule has 0 bridgehead atoms. The molecule has 0 radical (unpaired) electrons. The number of nitrogens with one attached hydrogen (secondary N) is 1. The van der Waals surface area contributed by atoms with Crippen LogP contribution < -0.4 is 15.1 Å². The Balaban J connectivity index is 1.41. The molecule has 46 heavy (non-hydrogen) atoms. The molecule has 5 nitrogen and oxygen atoms in total. The number of carbonyl (C=O) groups excluding carboxylic acids is 2. The average Bonchev–Trinajstić information content (AvgIpc) is 3.38. The molecule has 0 saturated carbocycles. The first kappa shape index (κ1) is 35.0. The summed E-state index contributed by atoms with van der Waals surface area (Å²) in [6.45, 7) is 2.94. The van der Waals surface area contributed by atoms with Crippen molar-refractivity contribution in [1.82, 2.24) is 5.32 Å². The van der Waals surface area contributed by atoms with Crippen LogP contribution in [-0.2, 0) is 4.79 Å². The predicted octanol–water partition coefficient (Wildman–Crippen LogP) is 10.0. The summed E-state index contributed by atoms with van der Waals surface area (Å²) in [7, 11) is 4.02. The molecule has 0 aromatic heterocycles. The van der Waals surface area contributed by atoms with Gasteiger partial charge in [0.05, 0.1) is 11.6 Å². The number of nitrogens with zero attached hydrogens (tertiary/aromatic N) is 2. The Morgan fingerprint density at radius 2 is 1.17 bits per heavy atom. The molecule has 3 aromatic rings. The SMILES string of the molecule is CCCCCCCCCCCCCCCCNC1=C(C(=O)c2ccccc2)C(c2ccc(N(C)C)cc2)N(c2ccccc2)C1=O. The van der Waals surface area contributed by atoms with Gasteiger partial charge in [-0.1, -0.05) is 151 Å². The van der Waals surface area contributed by atoms with Crippen LogP contribution in [-0.4, -0.2) is 32.3 Å². The Morgan fingerprint density at radius 3 is 1.70 bits per heavy atom. The van der Waals surface area contributed by atoms with Crippen molar-refractivity contribution in [1.29, 1.82) is 0 Å². The molecule has 1 amide bonds. The highest BCUT2D eigenvalue weighted by molar-refractivity contribution is 6.21. The number of hydrogen-bond acceptors (Lipinski definition) is 4. The van der Waals surface area contributed by atoms with Gasteiger partial charge in [0, 0.05) is 37.6 Å². The van der Waals surface area contributed by atoms with Crippen LogP contribution in [0.5, 0.6) is 0 Å². The number of hydrogen-bond donors (Lipinski definition) is 1. The van der Waals surface area contributed by atoms with Gasteiger partial charge >= 0.3 is 0 Å². The van der Waals surface area contributed by atoms with E-state index in [9.17, 15) is 9.59 Å². The number of unbranched alkanes of at least 4 members (excludes halogenated alkanes) is 13. The van der Waals surface area contributed by atoms with Crippen LogP contribution in [0.1, 0.15) is 119 Å².